The number of rotatable bonds is 5. The van der Waals surface area contributed by atoms with Crippen LogP contribution in [0.2, 0.25) is 0 Å². The first kappa shape index (κ1) is 14.2. The number of aryl methyl sites for hydroxylation is 2. The van der Waals surface area contributed by atoms with Crippen molar-refractivity contribution in [3.8, 4) is 0 Å². The van der Waals surface area contributed by atoms with Crippen LogP contribution < -0.4 is 5.32 Å². The van der Waals surface area contributed by atoms with Crippen molar-refractivity contribution in [1.82, 2.24) is 5.32 Å². The molecule has 96 valence electrons. The third-order valence-electron chi connectivity index (χ3n) is 3.29. The summed E-state index contributed by atoms with van der Waals surface area (Å²) in [4.78, 5) is 0. The summed E-state index contributed by atoms with van der Waals surface area (Å²) in [5.74, 6) is 0. The van der Waals surface area contributed by atoms with Gasteiger partial charge in [0, 0.05) is 6.04 Å². The van der Waals surface area contributed by atoms with Crippen molar-refractivity contribution < 1.29 is 5.11 Å². The lowest BCUT2D eigenvalue weighted by atomic mass is 9.90. The molecule has 0 radical (unpaired) electrons. The quantitative estimate of drug-likeness (QED) is 0.822. The minimum absolute atomic E-state index is 0.463. The number of hydrogen-bond acceptors (Lipinski definition) is 2. The van der Waals surface area contributed by atoms with Crippen LogP contribution in [-0.2, 0) is 5.60 Å². The van der Waals surface area contributed by atoms with E-state index >= 15 is 0 Å². The van der Waals surface area contributed by atoms with Gasteiger partial charge in [-0.2, -0.15) is 0 Å². The average Bonchev–Trinajstić information content (AvgIpc) is 2.21. The van der Waals surface area contributed by atoms with Gasteiger partial charge in [0.1, 0.15) is 0 Å². The Hall–Kier alpha value is -0.860. The third-order valence-corrected chi connectivity index (χ3v) is 3.29. The molecular formula is C15H25NO. The molecule has 0 spiro atoms. The van der Waals surface area contributed by atoms with E-state index < -0.39 is 5.60 Å². The summed E-state index contributed by atoms with van der Waals surface area (Å²) >= 11 is 0. The molecule has 0 heterocycles. The Morgan fingerprint density at radius 3 is 2.41 bits per heavy atom. The first-order valence-corrected chi connectivity index (χ1v) is 6.36. The molecule has 2 N–H and O–H groups in total. The number of aliphatic hydroxyl groups is 1. The van der Waals surface area contributed by atoms with E-state index in [1.807, 2.05) is 13.0 Å². The molecule has 1 rings (SSSR count). The Kier molecular flexibility index (Phi) is 4.72. The SMILES string of the molecule is Cc1ccc(C(C)(O)CCNC(C)C)cc1C. The molecule has 1 aromatic rings. The predicted molar refractivity (Wildman–Crippen MR) is 73.2 cm³/mol. The van der Waals surface area contributed by atoms with E-state index in [0.29, 0.717) is 6.04 Å². The number of hydrogen-bond donors (Lipinski definition) is 2. The van der Waals surface area contributed by atoms with Crippen molar-refractivity contribution in [3.05, 3.63) is 34.9 Å². The molecule has 1 unspecified atom stereocenters. The predicted octanol–water partition coefficient (Wildman–Crippen LogP) is 2.90. The summed E-state index contributed by atoms with van der Waals surface area (Å²) < 4.78 is 0. The van der Waals surface area contributed by atoms with Crippen molar-refractivity contribution in [1.29, 1.82) is 0 Å². The molecule has 0 aliphatic rings. The number of benzene rings is 1. The van der Waals surface area contributed by atoms with E-state index in [0.717, 1.165) is 18.5 Å². The van der Waals surface area contributed by atoms with Crippen LogP contribution in [0.5, 0.6) is 0 Å². The molecule has 2 heteroatoms. The van der Waals surface area contributed by atoms with Gasteiger partial charge in [-0.15, -0.1) is 0 Å². The maximum Gasteiger partial charge on any atom is 0.0880 e. The molecule has 0 saturated carbocycles. The summed E-state index contributed by atoms with van der Waals surface area (Å²) in [6.07, 6.45) is 0.730. The van der Waals surface area contributed by atoms with Crippen molar-refractivity contribution in [2.45, 2.75) is 52.7 Å². The molecule has 1 aromatic carbocycles. The van der Waals surface area contributed by atoms with E-state index in [-0.39, 0.29) is 0 Å². The smallest absolute Gasteiger partial charge is 0.0880 e. The minimum Gasteiger partial charge on any atom is -0.385 e. The molecule has 0 fully saturated rings. The van der Waals surface area contributed by atoms with Gasteiger partial charge in [0.05, 0.1) is 5.60 Å². The summed E-state index contributed by atoms with van der Waals surface area (Å²) in [5.41, 5.74) is 2.76. The molecule has 0 aliphatic heterocycles. The van der Waals surface area contributed by atoms with Crippen LogP contribution in [0.4, 0.5) is 0 Å². The zero-order valence-electron chi connectivity index (χ0n) is 11.7. The Balaban J connectivity index is 2.71. The largest absolute Gasteiger partial charge is 0.385 e. The van der Waals surface area contributed by atoms with Crippen LogP contribution in [0.1, 0.15) is 43.9 Å². The number of nitrogens with one attached hydrogen (secondary N) is 1. The Labute approximate surface area is 105 Å². The van der Waals surface area contributed by atoms with E-state index in [1.165, 1.54) is 11.1 Å². The minimum atomic E-state index is -0.750. The monoisotopic (exact) mass is 235 g/mol. The van der Waals surface area contributed by atoms with Gasteiger partial charge in [0.2, 0.25) is 0 Å². The van der Waals surface area contributed by atoms with Crippen LogP contribution in [-0.4, -0.2) is 17.7 Å². The summed E-state index contributed by atoms with van der Waals surface area (Å²) in [6.45, 7) is 11.1. The standard InChI is InChI=1S/C15H25NO/c1-11(2)16-9-8-15(5,17)14-7-6-12(3)13(4)10-14/h6-7,10-11,16-17H,8-9H2,1-5H3. The third kappa shape index (κ3) is 4.14. The van der Waals surface area contributed by atoms with E-state index in [1.54, 1.807) is 0 Å². The average molecular weight is 235 g/mol. The summed E-state index contributed by atoms with van der Waals surface area (Å²) in [5, 5.41) is 13.8. The fraction of sp³-hybridized carbons (Fsp3) is 0.600. The van der Waals surface area contributed by atoms with Gasteiger partial charge < -0.3 is 10.4 Å². The van der Waals surface area contributed by atoms with Crippen molar-refractivity contribution in [2.75, 3.05) is 6.54 Å². The van der Waals surface area contributed by atoms with Gasteiger partial charge in [-0.05, 0) is 50.4 Å². The second-order valence-electron chi connectivity index (χ2n) is 5.43. The lowest BCUT2D eigenvalue weighted by Crippen LogP contribution is -2.31. The maximum absolute atomic E-state index is 10.5. The second-order valence-corrected chi connectivity index (χ2v) is 5.43. The van der Waals surface area contributed by atoms with Crippen molar-refractivity contribution in [3.63, 3.8) is 0 Å². The van der Waals surface area contributed by atoms with Gasteiger partial charge in [-0.1, -0.05) is 32.0 Å². The fourth-order valence-electron chi connectivity index (χ4n) is 1.83. The van der Waals surface area contributed by atoms with E-state index in [9.17, 15) is 5.11 Å². The highest BCUT2D eigenvalue weighted by molar-refractivity contribution is 5.32. The van der Waals surface area contributed by atoms with Crippen molar-refractivity contribution >= 4 is 0 Å². The Morgan fingerprint density at radius 1 is 1.24 bits per heavy atom. The second kappa shape index (κ2) is 5.65. The van der Waals surface area contributed by atoms with Crippen LogP contribution in [0.15, 0.2) is 18.2 Å². The molecular weight excluding hydrogens is 210 g/mol. The van der Waals surface area contributed by atoms with Crippen molar-refractivity contribution in [2.24, 2.45) is 0 Å². The summed E-state index contributed by atoms with van der Waals surface area (Å²) in [6, 6.07) is 6.66. The van der Waals surface area contributed by atoms with Gasteiger partial charge in [0.25, 0.3) is 0 Å². The summed E-state index contributed by atoms with van der Waals surface area (Å²) in [7, 11) is 0. The van der Waals surface area contributed by atoms with Crippen LogP contribution in [0, 0.1) is 13.8 Å². The zero-order chi connectivity index (χ0) is 13.1. The molecule has 0 aromatic heterocycles. The van der Waals surface area contributed by atoms with Gasteiger partial charge >= 0.3 is 0 Å². The lowest BCUT2D eigenvalue weighted by molar-refractivity contribution is 0.0475. The molecule has 1 atom stereocenters. The highest BCUT2D eigenvalue weighted by Gasteiger charge is 2.22. The highest BCUT2D eigenvalue weighted by Crippen LogP contribution is 2.25. The zero-order valence-corrected chi connectivity index (χ0v) is 11.7. The van der Waals surface area contributed by atoms with Gasteiger partial charge in [-0.25, -0.2) is 0 Å². The fourth-order valence-corrected chi connectivity index (χ4v) is 1.83. The molecule has 0 saturated heterocycles. The van der Waals surface area contributed by atoms with E-state index in [2.05, 4.69) is 45.1 Å². The lowest BCUT2D eigenvalue weighted by Gasteiger charge is -2.25. The Morgan fingerprint density at radius 2 is 1.88 bits per heavy atom. The van der Waals surface area contributed by atoms with Crippen LogP contribution >= 0.6 is 0 Å². The maximum atomic E-state index is 10.5. The van der Waals surface area contributed by atoms with E-state index in [4.69, 9.17) is 0 Å². The molecule has 0 amide bonds. The van der Waals surface area contributed by atoms with Crippen LogP contribution in [0.25, 0.3) is 0 Å². The van der Waals surface area contributed by atoms with Gasteiger partial charge in [0.15, 0.2) is 0 Å². The molecule has 0 bridgehead atoms. The molecule has 2 nitrogen and oxygen atoms in total. The van der Waals surface area contributed by atoms with Gasteiger partial charge in [-0.3, -0.25) is 0 Å². The first-order chi connectivity index (χ1) is 7.83. The van der Waals surface area contributed by atoms with Crippen LogP contribution in [0.3, 0.4) is 0 Å². The molecule has 0 aliphatic carbocycles. The Bertz CT molecular complexity index is 369. The topological polar surface area (TPSA) is 32.3 Å². The first-order valence-electron chi connectivity index (χ1n) is 6.36. The molecule has 17 heavy (non-hydrogen) atoms. The highest BCUT2D eigenvalue weighted by atomic mass is 16.3. The normalized spacial score (nSPS) is 15.0.